The molecule has 0 aliphatic rings. The SMILES string of the molecule is CCCCCCCCCCC(O)C(=O)OC(=O)C(O)CO. The number of aliphatic hydroxyl groups is 3. The summed E-state index contributed by atoms with van der Waals surface area (Å²) in [4.78, 5) is 22.4. The van der Waals surface area contributed by atoms with Crippen molar-refractivity contribution in [2.45, 2.75) is 76.9 Å². The minimum absolute atomic E-state index is 0.232. The molecule has 0 bridgehead atoms. The number of aliphatic hydroxyl groups excluding tert-OH is 3. The van der Waals surface area contributed by atoms with Crippen molar-refractivity contribution in [3.8, 4) is 0 Å². The Kier molecular flexibility index (Phi) is 12.1. The Morgan fingerprint density at radius 3 is 1.86 bits per heavy atom. The molecular formula is C15H28O6. The highest BCUT2D eigenvalue weighted by molar-refractivity contribution is 5.89. The zero-order valence-electron chi connectivity index (χ0n) is 12.8. The first-order valence-electron chi connectivity index (χ1n) is 7.75. The Morgan fingerprint density at radius 1 is 0.857 bits per heavy atom. The standard InChI is InChI=1S/C15H28O6/c1-2-3-4-5-6-7-8-9-10-12(17)14(19)21-15(20)13(18)11-16/h12-13,16-18H,2-11H2,1H3. The number of hydrogen-bond acceptors (Lipinski definition) is 6. The summed E-state index contributed by atoms with van der Waals surface area (Å²) in [6, 6.07) is 0. The lowest BCUT2D eigenvalue weighted by atomic mass is 10.1. The van der Waals surface area contributed by atoms with E-state index in [1.165, 1.54) is 25.7 Å². The fraction of sp³-hybridized carbons (Fsp3) is 0.867. The lowest BCUT2D eigenvalue weighted by molar-refractivity contribution is -0.172. The summed E-state index contributed by atoms with van der Waals surface area (Å²) in [6.45, 7) is 1.35. The number of unbranched alkanes of at least 4 members (excludes halogenated alkanes) is 7. The van der Waals surface area contributed by atoms with E-state index in [9.17, 15) is 14.7 Å². The Bertz CT molecular complexity index is 292. The van der Waals surface area contributed by atoms with E-state index in [-0.39, 0.29) is 6.42 Å². The first-order valence-corrected chi connectivity index (χ1v) is 7.75. The number of carbonyl (C=O) groups is 2. The van der Waals surface area contributed by atoms with Gasteiger partial charge < -0.3 is 20.1 Å². The van der Waals surface area contributed by atoms with Gasteiger partial charge in [0.1, 0.15) is 0 Å². The monoisotopic (exact) mass is 304 g/mol. The molecule has 0 aromatic rings. The Labute approximate surface area is 126 Å². The minimum Gasteiger partial charge on any atom is -0.393 e. The fourth-order valence-electron chi connectivity index (χ4n) is 1.90. The van der Waals surface area contributed by atoms with Crippen molar-refractivity contribution < 1.29 is 29.6 Å². The van der Waals surface area contributed by atoms with E-state index in [1.807, 2.05) is 0 Å². The molecular weight excluding hydrogens is 276 g/mol. The highest BCUT2D eigenvalue weighted by atomic mass is 16.6. The highest BCUT2D eigenvalue weighted by Crippen LogP contribution is 2.11. The average Bonchev–Trinajstić information content (AvgIpc) is 2.48. The molecule has 0 aliphatic carbocycles. The van der Waals surface area contributed by atoms with Crippen LogP contribution in [0.5, 0.6) is 0 Å². The van der Waals surface area contributed by atoms with Crippen LogP contribution in [0.15, 0.2) is 0 Å². The van der Waals surface area contributed by atoms with Crippen LogP contribution in [0.2, 0.25) is 0 Å². The van der Waals surface area contributed by atoms with Gasteiger partial charge >= 0.3 is 11.9 Å². The number of esters is 2. The van der Waals surface area contributed by atoms with Gasteiger partial charge in [0.2, 0.25) is 0 Å². The second-order valence-corrected chi connectivity index (χ2v) is 5.22. The van der Waals surface area contributed by atoms with Gasteiger partial charge in [-0.15, -0.1) is 0 Å². The van der Waals surface area contributed by atoms with Crippen LogP contribution in [0.4, 0.5) is 0 Å². The average molecular weight is 304 g/mol. The van der Waals surface area contributed by atoms with Gasteiger partial charge in [0.25, 0.3) is 0 Å². The summed E-state index contributed by atoms with van der Waals surface area (Å²) in [7, 11) is 0. The smallest absolute Gasteiger partial charge is 0.345 e. The van der Waals surface area contributed by atoms with Crippen LogP contribution in [-0.4, -0.2) is 46.1 Å². The van der Waals surface area contributed by atoms with E-state index < -0.39 is 30.8 Å². The highest BCUT2D eigenvalue weighted by Gasteiger charge is 2.23. The Balaban J connectivity index is 3.62. The quantitative estimate of drug-likeness (QED) is 0.285. The summed E-state index contributed by atoms with van der Waals surface area (Å²) in [5.41, 5.74) is 0. The molecule has 6 nitrogen and oxygen atoms in total. The molecule has 0 saturated heterocycles. The molecule has 0 heterocycles. The van der Waals surface area contributed by atoms with Crippen molar-refractivity contribution in [3.05, 3.63) is 0 Å². The normalized spacial score (nSPS) is 13.7. The summed E-state index contributed by atoms with van der Waals surface area (Å²) in [5, 5.41) is 27.0. The van der Waals surface area contributed by atoms with Gasteiger partial charge in [-0.2, -0.15) is 0 Å². The molecule has 6 heteroatoms. The molecule has 0 spiro atoms. The first-order chi connectivity index (χ1) is 10.0. The van der Waals surface area contributed by atoms with Crippen molar-refractivity contribution in [1.29, 1.82) is 0 Å². The molecule has 0 aromatic heterocycles. The van der Waals surface area contributed by atoms with Gasteiger partial charge in [0.05, 0.1) is 6.61 Å². The van der Waals surface area contributed by atoms with Crippen molar-refractivity contribution in [3.63, 3.8) is 0 Å². The van der Waals surface area contributed by atoms with Gasteiger partial charge in [-0.1, -0.05) is 58.3 Å². The zero-order valence-corrected chi connectivity index (χ0v) is 12.8. The van der Waals surface area contributed by atoms with Crippen molar-refractivity contribution in [1.82, 2.24) is 0 Å². The third kappa shape index (κ3) is 10.4. The summed E-state index contributed by atoms with van der Waals surface area (Å²) >= 11 is 0. The molecule has 3 N–H and O–H groups in total. The fourth-order valence-corrected chi connectivity index (χ4v) is 1.90. The van der Waals surface area contributed by atoms with Crippen LogP contribution in [0.3, 0.4) is 0 Å². The van der Waals surface area contributed by atoms with Crippen LogP contribution >= 0.6 is 0 Å². The van der Waals surface area contributed by atoms with Crippen molar-refractivity contribution in [2.75, 3.05) is 6.61 Å². The van der Waals surface area contributed by atoms with Crippen molar-refractivity contribution >= 4 is 11.9 Å². The molecule has 0 rings (SSSR count). The number of ether oxygens (including phenoxy) is 1. The maximum atomic E-state index is 11.3. The van der Waals surface area contributed by atoms with Gasteiger partial charge in [0.15, 0.2) is 12.2 Å². The van der Waals surface area contributed by atoms with Crippen molar-refractivity contribution in [2.24, 2.45) is 0 Å². The summed E-state index contributed by atoms with van der Waals surface area (Å²) in [6.07, 6.45) is 5.89. The predicted molar refractivity (Wildman–Crippen MR) is 77.4 cm³/mol. The second-order valence-electron chi connectivity index (χ2n) is 5.22. The first kappa shape index (κ1) is 20.0. The van der Waals surface area contributed by atoms with E-state index in [4.69, 9.17) is 10.2 Å². The van der Waals surface area contributed by atoms with Gasteiger partial charge in [-0.25, -0.2) is 9.59 Å². The van der Waals surface area contributed by atoms with E-state index in [1.54, 1.807) is 0 Å². The molecule has 0 aromatic carbocycles. The number of carbonyl (C=O) groups excluding carboxylic acids is 2. The molecule has 21 heavy (non-hydrogen) atoms. The molecule has 2 unspecified atom stereocenters. The van der Waals surface area contributed by atoms with Crippen LogP contribution in [0, 0.1) is 0 Å². The Hall–Kier alpha value is -0.980. The second kappa shape index (κ2) is 12.7. The third-order valence-corrected chi connectivity index (χ3v) is 3.25. The minimum atomic E-state index is -1.75. The summed E-state index contributed by atoms with van der Waals surface area (Å²) < 4.78 is 4.25. The molecule has 0 saturated carbocycles. The Morgan fingerprint density at radius 2 is 1.33 bits per heavy atom. The third-order valence-electron chi connectivity index (χ3n) is 3.25. The summed E-state index contributed by atoms with van der Waals surface area (Å²) in [5.74, 6) is -2.31. The maximum Gasteiger partial charge on any atom is 0.345 e. The van der Waals surface area contributed by atoms with Crippen LogP contribution < -0.4 is 0 Å². The van der Waals surface area contributed by atoms with E-state index >= 15 is 0 Å². The maximum absolute atomic E-state index is 11.3. The molecule has 0 radical (unpaired) electrons. The topological polar surface area (TPSA) is 104 Å². The lowest BCUT2D eigenvalue weighted by Crippen LogP contribution is -2.33. The van der Waals surface area contributed by atoms with E-state index in [0.29, 0.717) is 6.42 Å². The number of hydrogen-bond donors (Lipinski definition) is 3. The molecule has 0 amide bonds. The molecule has 2 atom stereocenters. The van der Waals surface area contributed by atoms with E-state index in [2.05, 4.69) is 11.7 Å². The molecule has 0 aliphatic heterocycles. The molecule has 0 fully saturated rings. The van der Waals surface area contributed by atoms with Crippen LogP contribution in [-0.2, 0) is 14.3 Å². The molecule has 124 valence electrons. The zero-order chi connectivity index (χ0) is 16.1. The van der Waals surface area contributed by atoms with Crippen LogP contribution in [0.25, 0.3) is 0 Å². The van der Waals surface area contributed by atoms with Gasteiger partial charge in [-0.3, -0.25) is 0 Å². The lowest BCUT2D eigenvalue weighted by Gasteiger charge is -2.11. The van der Waals surface area contributed by atoms with E-state index in [0.717, 1.165) is 19.3 Å². The van der Waals surface area contributed by atoms with Gasteiger partial charge in [0, 0.05) is 0 Å². The number of rotatable bonds is 12. The van der Waals surface area contributed by atoms with Crippen LogP contribution in [0.1, 0.15) is 64.7 Å². The predicted octanol–water partition coefficient (Wildman–Crippen LogP) is 1.30. The largest absolute Gasteiger partial charge is 0.393 e. The van der Waals surface area contributed by atoms with Gasteiger partial charge in [-0.05, 0) is 6.42 Å².